The van der Waals surface area contributed by atoms with Crippen molar-refractivity contribution in [1.29, 1.82) is 0 Å². The highest BCUT2D eigenvalue weighted by molar-refractivity contribution is 9.10. The largest absolute Gasteiger partial charge is 0.480 e. The topological polar surface area (TPSA) is 62.7 Å². The van der Waals surface area contributed by atoms with E-state index in [1.54, 1.807) is 6.20 Å². The molecule has 0 bridgehead atoms. The number of carboxylic acids is 1. The number of pyridine rings is 1. The van der Waals surface area contributed by atoms with Crippen LogP contribution in [0.5, 0.6) is 0 Å². The van der Waals surface area contributed by atoms with Gasteiger partial charge in [-0.25, -0.2) is 0 Å². The van der Waals surface area contributed by atoms with E-state index in [4.69, 9.17) is 9.84 Å². The molecule has 0 radical (unpaired) electrons. The fraction of sp³-hybridized carbons (Fsp3) is 0.500. The fourth-order valence-corrected chi connectivity index (χ4v) is 2.43. The van der Waals surface area contributed by atoms with Crippen LogP contribution in [-0.4, -0.2) is 46.8 Å². The van der Waals surface area contributed by atoms with Gasteiger partial charge in [-0.2, -0.15) is 0 Å². The maximum Gasteiger partial charge on any atom is 0.323 e. The fourth-order valence-electron chi connectivity index (χ4n) is 1.98. The van der Waals surface area contributed by atoms with E-state index in [0.717, 1.165) is 15.7 Å². The number of aryl methyl sites for hydroxylation is 1. The number of hydrogen-bond acceptors (Lipinski definition) is 4. The molecule has 0 spiro atoms. The van der Waals surface area contributed by atoms with E-state index in [-0.39, 0.29) is 6.61 Å². The van der Waals surface area contributed by atoms with Crippen LogP contribution >= 0.6 is 15.9 Å². The van der Waals surface area contributed by atoms with Crippen molar-refractivity contribution in [3.63, 3.8) is 0 Å². The lowest BCUT2D eigenvalue weighted by atomic mass is 10.1. The summed E-state index contributed by atoms with van der Waals surface area (Å²) in [7, 11) is 0. The summed E-state index contributed by atoms with van der Waals surface area (Å²) in [5, 5.41) is 9.15. The summed E-state index contributed by atoms with van der Waals surface area (Å²) in [6, 6.07) is 1.40. The highest BCUT2D eigenvalue weighted by atomic mass is 79.9. The Morgan fingerprint density at radius 3 is 3.17 bits per heavy atom. The molecule has 5 nitrogen and oxygen atoms in total. The number of ether oxygens (including phenoxy) is 1. The first-order chi connectivity index (χ1) is 8.58. The molecule has 1 fully saturated rings. The van der Waals surface area contributed by atoms with Gasteiger partial charge in [-0.15, -0.1) is 0 Å². The average molecular weight is 315 g/mol. The van der Waals surface area contributed by atoms with Crippen LogP contribution < -0.4 is 0 Å². The molecular weight excluding hydrogens is 300 g/mol. The predicted octanol–water partition coefficient (Wildman–Crippen LogP) is 1.44. The molecule has 1 aliphatic heterocycles. The van der Waals surface area contributed by atoms with E-state index in [0.29, 0.717) is 19.7 Å². The smallest absolute Gasteiger partial charge is 0.323 e. The molecule has 1 saturated heterocycles. The Morgan fingerprint density at radius 1 is 1.72 bits per heavy atom. The van der Waals surface area contributed by atoms with Gasteiger partial charge in [0.15, 0.2) is 0 Å². The standard InChI is InChI=1S/C12H15BrN2O3/c1-8-4-9(13)5-14-10(8)6-15-2-3-18-7-11(15)12(16)17/h4-5,11H,2-3,6-7H2,1H3,(H,16,17). The van der Waals surface area contributed by atoms with Crippen molar-refractivity contribution in [3.05, 3.63) is 28.0 Å². The van der Waals surface area contributed by atoms with Gasteiger partial charge in [0.05, 0.1) is 18.9 Å². The zero-order valence-electron chi connectivity index (χ0n) is 10.1. The molecule has 18 heavy (non-hydrogen) atoms. The molecule has 6 heteroatoms. The van der Waals surface area contributed by atoms with Gasteiger partial charge in [-0.05, 0) is 34.5 Å². The van der Waals surface area contributed by atoms with E-state index in [1.807, 2.05) is 17.9 Å². The third-order valence-electron chi connectivity index (χ3n) is 3.03. The molecule has 0 aromatic carbocycles. The summed E-state index contributed by atoms with van der Waals surface area (Å²) in [6.07, 6.45) is 1.73. The Balaban J connectivity index is 2.13. The summed E-state index contributed by atoms with van der Waals surface area (Å²) < 4.78 is 6.14. The van der Waals surface area contributed by atoms with Gasteiger partial charge in [-0.1, -0.05) is 0 Å². The van der Waals surface area contributed by atoms with Crippen LogP contribution in [0.1, 0.15) is 11.3 Å². The zero-order valence-corrected chi connectivity index (χ0v) is 11.7. The minimum atomic E-state index is -0.843. The highest BCUT2D eigenvalue weighted by Gasteiger charge is 2.29. The predicted molar refractivity (Wildman–Crippen MR) is 69.3 cm³/mol. The van der Waals surface area contributed by atoms with Gasteiger partial charge >= 0.3 is 5.97 Å². The van der Waals surface area contributed by atoms with Crippen LogP contribution in [0.3, 0.4) is 0 Å². The first-order valence-corrected chi connectivity index (χ1v) is 6.53. The number of halogens is 1. The van der Waals surface area contributed by atoms with Gasteiger partial charge in [0, 0.05) is 23.8 Å². The molecule has 0 saturated carbocycles. The summed E-state index contributed by atoms with van der Waals surface area (Å²) >= 11 is 3.37. The van der Waals surface area contributed by atoms with Gasteiger partial charge in [-0.3, -0.25) is 14.7 Å². The monoisotopic (exact) mass is 314 g/mol. The average Bonchev–Trinajstić information content (AvgIpc) is 2.33. The van der Waals surface area contributed by atoms with Crippen molar-refractivity contribution in [3.8, 4) is 0 Å². The maximum atomic E-state index is 11.1. The summed E-state index contributed by atoms with van der Waals surface area (Å²) in [5.41, 5.74) is 1.96. The molecule has 98 valence electrons. The van der Waals surface area contributed by atoms with Crippen molar-refractivity contribution < 1.29 is 14.6 Å². The van der Waals surface area contributed by atoms with Crippen molar-refractivity contribution in [1.82, 2.24) is 9.88 Å². The second-order valence-corrected chi connectivity index (χ2v) is 5.23. The normalized spacial score (nSPS) is 20.9. The van der Waals surface area contributed by atoms with Crippen molar-refractivity contribution >= 4 is 21.9 Å². The van der Waals surface area contributed by atoms with Gasteiger partial charge in [0.1, 0.15) is 6.04 Å². The second kappa shape index (κ2) is 5.77. The molecule has 2 rings (SSSR count). The lowest BCUT2D eigenvalue weighted by Gasteiger charge is -2.32. The van der Waals surface area contributed by atoms with E-state index in [2.05, 4.69) is 20.9 Å². The Labute approximate surface area is 114 Å². The number of aliphatic carboxylic acids is 1. The Morgan fingerprint density at radius 2 is 2.50 bits per heavy atom. The molecule has 1 unspecified atom stereocenters. The molecular formula is C12H15BrN2O3. The molecule has 1 aromatic heterocycles. The van der Waals surface area contributed by atoms with E-state index in [1.165, 1.54) is 0 Å². The lowest BCUT2D eigenvalue weighted by Crippen LogP contribution is -2.49. The van der Waals surface area contributed by atoms with Crippen LogP contribution in [0, 0.1) is 6.92 Å². The number of rotatable bonds is 3. The van der Waals surface area contributed by atoms with E-state index < -0.39 is 12.0 Å². The number of morpholine rings is 1. The first-order valence-electron chi connectivity index (χ1n) is 5.73. The van der Waals surface area contributed by atoms with E-state index >= 15 is 0 Å². The van der Waals surface area contributed by atoms with Crippen LogP contribution in [-0.2, 0) is 16.1 Å². The van der Waals surface area contributed by atoms with Crippen LogP contribution in [0.2, 0.25) is 0 Å². The van der Waals surface area contributed by atoms with Gasteiger partial charge < -0.3 is 9.84 Å². The Kier molecular flexibility index (Phi) is 4.31. The maximum absolute atomic E-state index is 11.1. The Bertz CT molecular complexity index is 453. The summed E-state index contributed by atoms with van der Waals surface area (Å²) in [4.78, 5) is 17.4. The van der Waals surface area contributed by atoms with Crippen molar-refractivity contribution in [2.24, 2.45) is 0 Å². The molecule has 1 N–H and O–H groups in total. The molecule has 1 aliphatic rings. The summed E-state index contributed by atoms with van der Waals surface area (Å²) in [5.74, 6) is -0.843. The number of carbonyl (C=O) groups is 1. The highest BCUT2D eigenvalue weighted by Crippen LogP contribution is 2.17. The van der Waals surface area contributed by atoms with Gasteiger partial charge in [0.2, 0.25) is 0 Å². The van der Waals surface area contributed by atoms with Crippen molar-refractivity contribution in [2.45, 2.75) is 19.5 Å². The van der Waals surface area contributed by atoms with Gasteiger partial charge in [0.25, 0.3) is 0 Å². The number of nitrogens with zero attached hydrogens (tertiary/aromatic N) is 2. The quantitative estimate of drug-likeness (QED) is 0.914. The number of carboxylic acid groups (broad SMARTS) is 1. The molecule has 1 aromatic rings. The van der Waals surface area contributed by atoms with Crippen LogP contribution in [0.25, 0.3) is 0 Å². The number of aromatic nitrogens is 1. The van der Waals surface area contributed by atoms with E-state index in [9.17, 15) is 4.79 Å². The van der Waals surface area contributed by atoms with Crippen LogP contribution in [0.15, 0.2) is 16.7 Å². The second-order valence-electron chi connectivity index (χ2n) is 4.32. The molecule has 0 aliphatic carbocycles. The first kappa shape index (κ1) is 13.5. The Hall–Kier alpha value is -0.980. The minimum absolute atomic E-state index is 0.241. The summed E-state index contributed by atoms with van der Waals surface area (Å²) in [6.45, 7) is 3.95. The minimum Gasteiger partial charge on any atom is -0.480 e. The third kappa shape index (κ3) is 3.07. The van der Waals surface area contributed by atoms with Crippen LogP contribution in [0.4, 0.5) is 0 Å². The molecule has 1 atom stereocenters. The molecule has 2 heterocycles. The third-order valence-corrected chi connectivity index (χ3v) is 3.46. The van der Waals surface area contributed by atoms with Crippen molar-refractivity contribution in [2.75, 3.05) is 19.8 Å². The SMILES string of the molecule is Cc1cc(Br)cnc1CN1CCOCC1C(=O)O. The molecule has 0 amide bonds. The zero-order chi connectivity index (χ0) is 13.1. The lowest BCUT2D eigenvalue weighted by molar-refractivity contribution is -0.150. The number of hydrogen-bond donors (Lipinski definition) is 1.